The lowest BCUT2D eigenvalue weighted by atomic mass is 10.1. The maximum Gasteiger partial charge on any atom is 0.215 e. The van der Waals surface area contributed by atoms with Gasteiger partial charge in [-0.25, -0.2) is 13.1 Å². The van der Waals surface area contributed by atoms with Crippen molar-refractivity contribution < 1.29 is 8.42 Å². The molecule has 1 fully saturated rings. The second-order valence-corrected chi connectivity index (χ2v) is 7.15. The van der Waals surface area contributed by atoms with E-state index >= 15 is 0 Å². The molecule has 0 radical (unpaired) electrons. The van der Waals surface area contributed by atoms with E-state index in [2.05, 4.69) is 16.9 Å². The van der Waals surface area contributed by atoms with Crippen molar-refractivity contribution in [2.75, 3.05) is 0 Å². The fourth-order valence-corrected chi connectivity index (χ4v) is 4.72. The predicted molar refractivity (Wildman–Crippen MR) is 71.3 cm³/mol. The fraction of sp³-hybridized carbons (Fsp3) is 0.429. The summed E-state index contributed by atoms with van der Waals surface area (Å²) in [6.45, 7) is 0.390. The van der Waals surface area contributed by atoms with Crippen LogP contribution in [0.1, 0.15) is 18.4 Å². The van der Waals surface area contributed by atoms with Gasteiger partial charge in [0.15, 0.2) is 0 Å². The van der Waals surface area contributed by atoms with Gasteiger partial charge in [-0.2, -0.15) is 0 Å². The average Bonchev–Trinajstić information content (AvgIpc) is 3.00. The molecule has 4 heteroatoms. The summed E-state index contributed by atoms with van der Waals surface area (Å²) in [5.41, 5.74) is 1.000. The molecule has 0 spiro atoms. The van der Waals surface area contributed by atoms with Gasteiger partial charge in [-0.1, -0.05) is 42.5 Å². The Balaban J connectivity index is 1.67. The van der Waals surface area contributed by atoms with Crippen LogP contribution in [0.4, 0.5) is 0 Å². The van der Waals surface area contributed by atoms with E-state index in [9.17, 15) is 8.42 Å². The van der Waals surface area contributed by atoms with Crippen LogP contribution in [0.3, 0.4) is 0 Å². The van der Waals surface area contributed by atoms with Crippen molar-refractivity contribution in [3.63, 3.8) is 0 Å². The Bertz CT molecular complexity index is 550. The molecule has 1 aromatic carbocycles. The smallest absolute Gasteiger partial charge is 0.212 e. The highest BCUT2D eigenvalue weighted by Crippen LogP contribution is 2.42. The second-order valence-electron chi connectivity index (χ2n) is 5.17. The Morgan fingerprint density at radius 1 is 1.11 bits per heavy atom. The van der Waals surface area contributed by atoms with Gasteiger partial charge in [0.05, 0.1) is 5.25 Å². The van der Waals surface area contributed by atoms with Gasteiger partial charge in [0.2, 0.25) is 10.0 Å². The minimum atomic E-state index is -3.19. The summed E-state index contributed by atoms with van der Waals surface area (Å²) in [6, 6.07) is 9.64. The van der Waals surface area contributed by atoms with E-state index in [1.807, 2.05) is 30.3 Å². The van der Waals surface area contributed by atoms with E-state index in [0.29, 0.717) is 12.5 Å². The lowest BCUT2D eigenvalue weighted by Crippen LogP contribution is -2.36. The highest BCUT2D eigenvalue weighted by molar-refractivity contribution is 7.90. The Labute approximate surface area is 108 Å². The first kappa shape index (κ1) is 11.9. The zero-order chi connectivity index (χ0) is 12.6. The lowest BCUT2D eigenvalue weighted by molar-refractivity contribution is 0.546. The fourth-order valence-electron chi connectivity index (χ4n) is 2.97. The molecule has 18 heavy (non-hydrogen) atoms. The Morgan fingerprint density at radius 3 is 2.50 bits per heavy atom. The SMILES string of the molecule is O=S(=O)(NCc1ccccc1)[C@@H]1C[C@H]2C=C[C@@H]1C2. The Kier molecular flexibility index (Phi) is 2.99. The molecule has 2 aliphatic carbocycles. The van der Waals surface area contributed by atoms with Crippen LogP contribution in [0.25, 0.3) is 0 Å². The lowest BCUT2D eigenvalue weighted by Gasteiger charge is -2.19. The van der Waals surface area contributed by atoms with E-state index in [1.165, 1.54) is 0 Å². The monoisotopic (exact) mass is 263 g/mol. The predicted octanol–water partition coefficient (Wildman–Crippen LogP) is 2.07. The number of hydrogen-bond donors (Lipinski definition) is 1. The number of rotatable bonds is 4. The first-order chi connectivity index (χ1) is 8.65. The molecular weight excluding hydrogens is 246 g/mol. The van der Waals surface area contributed by atoms with Crippen LogP contribution in [0.5, 0.6) is 0 Å². The molecule has 0 amide bonds. The van der Waals surface area contributed by atoms with E-state index in [-0.39, 0.29) is 11.2 Å². The summed E-state index contributed by atoms with van der Waals surface area (Å²) >= 11 is 0. The number of hydrogen-bond acceptors (Lipinski definition) is 2. The van der Waals surface area contributed by atoms with Gasteiger partial charge in [0.25, 0.3) is 0 Å². The van der Waals surface area contributed by atoms with Gasteiger partial charge in [-0.3, -0.25) is 0 Å². The minimum absolute atomic E-state index is 0.225. The van der Waals surface area contributed by atoms with Crippen molar-refractivity contribution in [2.45, 2.75) is 24.6 Å². The molecular formula is C14H17NO2S. The number of sulfonamides is 1. The number of nitrogens with one attached hydrogen (secondary N) is 1. The zero-order valence-electron chi connectivity index (χ0n) is 10.1. The standard InChI is InChI=1S/C14H17NO2S/c16-18(17,14-9-12-6-7-13(14)8-12)15-10-11-4-2-1-3-5-11/h1-7,12-15H,8-10H2/t12-,13+,14+/m0/s1. The maximum absolute atomic E-state index is 12.3. The second kappa shape index (κ2) is 4.52. The quantitative estimate of drug-likeness (QED) is 0.845. The molecule has 3 nitrogen and oxygen atoms in total. The molecule has 3 rings (SSSR count). The molecule has 1 N–H and O–H groups in total. The van der Waals surface area contributed by atoms with Crippen LogP contribution < -0.4 is 4.72 Å². The summed E-state index contributed by atoms with van der Waals surface area (Å²) in [4.78, 5) is 0. The van der Waals surface area contributed by atoms with E-state index < -0.39 is 10.0 Å². The number of benzene rings is 1. The number of allylic oxidation sites excluding steroid dienone is 2. The van der Waals surface area contributed by atoms with Crippen LogP contribution >= 0.6 is 0 Å². The Hall–Kier alpha value is -1.13. The zero-order valence-corrected chi connectivity index (χ0v) is 10.9. The molecule has 2 bridgehead atoms. The first-order valence-electron chi connectivity index (χ1n) is 6.36. The van der Waals surface area contributed by atoms with E-state index in [0.717, 1.165) is 18.4 Å². The molecule has 1 aromatic rings. The molecule has 2 aliphatic rings. The third kappa shape index (κ3) is 2.22. The van der Waals surface area contributed by atoms with Crippen molar-refractivity contribution in [2.24, 2.45) is 11.8 Å². The molecule has 0 heterocycles. The number of fused-ring (bicyclic) bond motifs is 2. The van der Waals surface area contributed by atoms with Crippen molar-refractivity contribution in [3.05, 3.63) is 48.0 Å². The maximum atomic E-state index is 12.3. The van der Waals surface area contributed by atoms with Crippen molar-refractivity contribution in [1.82, 2.24) is 4.72 Å². The molecule has 0 aliphatic heterocycles. The highest BCUT2D eigenvalue weighted by atomic mass is 32.2. The first-order valence-corrected chi connectivity index (χ1v) is 7.90. The molecule has 3 atom stereocenters. The minimum Gasteiger partial charge on any atom is -0.212 e. The summed E-state index contributed by atoms with van der Waals surface area (Å²) in [5, 5.41) is -0.226. The van der Waals surface area contributed by atoms with Gasteiger partial charge in [0.1, 0.15) is 0 Å². The normalized spacial score (nSPS) is 29.9. The summed E-state index contributed by atoms with van der Waals surface area (Å²) in [7, 11) is -3.19. The van der Waals surface area contributed by atoms with Gasteiger partial charge >= 0.3 is 0 Å². The topological polar surface area (TPSA) is 46.2 Å². The van der Waals surface area contributed by atoms with Crippen molar-refractivity contribution in [3.8, 4) is 0 Å². The van der Waals surface area contributed by atoms with Crippen LogP contribution in [-0.4, -0.2) is 13.7 Å². The highest BCUT2D eigenvalue weighted by Gasteiger charge is 2.42. The van der Waals surface area contributed by atoms with E-state index in [4.69, 9.17) is 0 Å². The third-order valence-corrected chi connectivity index (χ3v) is 5.82. The van der Waals surface area contributed by atoms with Crippen LogP contribution in [-0.2, 0) is 16.6 Å². The molecule has 96 valence electrons. The van der Waals surface area contributed by atoms with Gasteiger partial charge in [-0.15, -0.1) is 0 Å². The summed E-state index contributed by atoms with van der Waals surface area (Å²) in [6.07, 6.45) is 6.02. The largest absolute Gasteiger partial charge is 0.215 e. The van der Waals surface area contributed by atoms with Crippen LogP contribution in [0.2, 0.25) is 0 Å². The molecule has 0 unspecified atom stereocenters. The summed E-state index contributed by atoms with van der Waals surface area (Å²) < 4.78 is 27.2. The summed E-state index contributed by atoms with van der Waals surface area (Å²) in [5.74, 6) is 0.705. The third-order valence-electron chi connectivity index (χ3n) is 3.94. The van der Waals surface area contributed by atoms with Gasteiger partial charge in [0, 0.05) is 6.54 Å². The van der Waals surface area contributed by atoms with Crippen LogP contribution in [0, 0.1) is 11.8 Å². The average molecular weight is 263 g/mol. The van der Waals surface area contributed by atoms with E-state index in [1.54, 1.807) is 0 Å². The molecule has 0 saturated heterocycles. The van der Waals surface area contributed by atoms with Crippen molar-refractivity contribution in [1.29, 1.82) is 0 Å². The molecule has 0 aromatic heterocycles. The van der Waals surface area contributed by atoms with Gasteiger partial charge in [-0.05, 0) is 30.2 Å². The molecule has 1 saturated carbocycles. The van der Waals surface area contributed by atoms with Crippen LogP contribution in [0.15, 0.2) is 42.5 Å². The van der Waals surface area contributed by atoms with Crippen molar-refractivity contribution >= 4 is 10.0 Å². The van der Waals surface area contributed by atoms with Gasteiger partial charge < -0.3 is 0 Å². The Morgan fingerprint density at radius 2 is 1.89 bits per heavy atom.